The highest BCUT2D eigenvalue weighted by Crippen LogP contribution is 2.42. The first-order valence-corrected chi connectivity index (χ1v) is 12.5. The van der Waals surface area contributed by atoms with Crippen LogP contribution in [0.2, 0.25) is 0 Å². The summed E-state index contributed by atoms with van der Waals surface area (Å²) < 4.78 is 11.7. The van der Waals surface area contributed by atoms with Gasteiger partial charge in [-0.3, -0.25) is 0 Å². The second-order valence-corrected chi connectivity index (χ2v) is 10.1. The monoisotopic (exact) mass is 456 g/mol. The number of rotatable bonds is 0. The van der Waals surface area contributed by atoms with E-state index < -0.39 is 0 Å². The molecule has 2 aliphatic heterocycles. The molecule has 0 bridgehead atoms. The van der Waals surface area contributed by atoms with Gasteiger partial charge in [-0.15, -0.1) is 0 Å². The second-order valence-electron chi connectivity index (χ2n) is 10.1. The molecule has 0 fully saturated rings. The number of aromatic nitrogens is 2. The lowest BCUT2D eigenvalue weighted by molar-refractivity contribution is 0.649. The molecule has 3 nitrogen and oxygen atoms in total. The molecule has 4 heteroatoms. The van der Waals surface area contributed by atoms with Gasteiger partial charge in [-0.1, -0.05) is 66.7 Å². The number of nitrogens with zero attached hydrogens (tertiary/aromatic N) is 2. The minimum Gasteiger partial charge on any atom is -0.468 e. The molecule has 3 aromatic heterocycles. The smallest absolute Gasteiger partial charge is 0.297 e. The number of hydrogen-bond acceptors (Lipinski definition) is 1. The quantitative estimate of drug-likeness (QED) is 0.266. The molecule has 0 spiro atoms. The Hall–Kier alpha value is -4.70. The van der Waals surface area contributed by atoms with E-state index in [9.17, 15) is 0 Å². The number of para-hydroxylation sites is 4. The molecule has 2 aliphatic rings. The van der Waals surface area contributed by atoms with Crippen molar-refractivity contribution in [3.63, 3.8) is 0 Å². The molecule has 0 saturated carbocycles. The van der Waals surface area contributed by atoms with Crippen LogP contribution >= 0.6 is 0 Å². The van der Waals surface area contributed by atoms with Gasteiger partial charge in [0.05, 0.1) is 33.4 Å². The van der Waals surface area contributed by atoms with Crippen molar-refractivity contribution in [2.24, 2.45) is 0 Å². The Morgan fingerprint density at radius 1 is 0.556 bits per heavy atom. The van der Waals surface area contributed by atoms with E-state index in [0.29, 0.717) is 0 Å². The van der Waals surface area contributed by atoms with Gasteiger partial charge in [0, 0.05) is 32.6 Å². The van der Waals surface area contributed by atoms with E-state index in [4.69, 9.17) is 4.42 Å². The van der Waals surface area contributed by atoms with Crippen molar-refractivity contribution < 1.29 is 4.42 Å². The van der Waals surface area contributed by atoms with E-state index in [2.05, 4.69) is 112 Å². The summed E-state index contributed by atoms with van der Waals surface area (Å²) in [6.07, 6.45) is 0. The van der Waals surface area contributed by atoms with E-state index in [1.807, 2.05) is 0 Å². The molecule has 0 atom stereocenters. The van der Waals surface area contributed by atoms with Gasteiger partial charge in [-0.25, -0.2) is 0 Å². The lowest BCUT2D eigenvalue weighted by Crippen LogP contribution is -2.58. The first-order valence-electron chi connectivity index (χ1n) is 12.5. The van der Waals surface area contributed by atoms with Gasteiger partial charge >= 0.3 is 0 Å². The van der Waals surface area contributed by atoms with Gasteiger partial charge in [0.1, 0.15) is 5.58 Å². The summed E-state index contributed by atoms with van der Waals surface area (Å²) in [5, 5.41) is 6.39. The summed E-state index contributed by atoms with van der Waals surface area (Å²) in [4.78, 5) is 0. The molecule has 0 N–H and O–H groups in total. The minimum atomic E-state index is 0.0448. The molecule has 0 radical (unpaired) electrons. The average molecular weight is 456 g/mol. The maximum absolute atomic E-state index is 6.78. The van der Waals surface area contributed by atoms with Crippen molar-refractivity contribution in [2.75, 3.05) is 0 Å². The summed E-state index contributed by atoms with van der Waals surface area (Å²) in [7, 11) is 0. The van der Waals surface area contributed by atoms with Gasteiger partial charge in [-0.2, -0.15) is 0 Å². The van der Waals surface area contributed by atoms with Gasteiger partial charge in [0.15, 0.2) is 0 Å². The standard InChI is InChI=1S/C32H17BN2O/c1-5-13-24-18(9-1)21-17-22-19-10-2-6-14-25(19)35-30(22)28-29(21)34(24)26-15-7-4-12-23(26)33(28)32-31(35)20-11-3-8-16-27(20)36-32/h1-17H. The fraction of sp³-hybridized carbons (Fsp3) is 0. The van der Waals surface area contributed by atoms with Crippen LogP contribution < -0.4 is 16.6 Å². The Labute approximate surface area is 205 Å². The maximum atomic E-state index is 6.78. The summed E-state index contributed by atoms with van der Waals surface area (Å²) in [6, 6.07) is 37.5. The molecule has 8 aromatic rings. The Bertz CT molecular complexity index is 2280. The molecule has 164 valence electrons. The zero-order chi connectivity index (χ0) is 23.1. The number of hydrogen-bond donors (Lipinski definition) is 0. The lowest BCUT2D eigenvalue weighted by atomic mass is 9.36. The van der Waals surface area contributed by atoms with Crippen LogP contribution in [0.15, 0.2) is 108 Å². The summed E-state index contributed by atoms with van der Waals surface area (Å²) in [6.45, 7) is 0.0448. The van der Waals surface area contributed by atoms with E-state index in [0.717, 1.165) is 11.2 Å². The highest BCUT2D eigenvalue weighted by molar-refractivity contribution is 7.00. The highest BCUT2D eigenvalue weighted by Gasteiger charge is 2.44. The van der Waals surface area contributed by atoms with Gasteiger partial charge in [0.2, 0.25) is 0 Å². The molecule has 0 saturated heterocycles. The molecule has 0 unspecified atom stereocenters. The fourth-order valence-corrected chi connectivity index (χ4v) is 7.21. The van der Waals surface area contributed by atoms with Crippen LogP contribution in [0.25, 0.3) is 66.0 Å². The number of fused-ring (bicyclic) bond motifs is 14. The minimum absolute atomic E-state index is 0.0448. The zero-order valence-corrected chi connectivity index (χ0v) is 19.2. The van der Waals surface area contributed by atoms with Crippen molar-refractivity contribution in [3.05, 3.63) is 103 Å². The van der Waals surface area contributed by atoms with Crippen molar-refractivity contribution in [2.45, 2.75) is 0 Å². The second kappa shape index (κ2) is 5.75. The molecule has 10 rings (SSSR count). The largest absolute Gasteiger partial charge is 0.468 e. The van der Waals surface area contributed by atoms with E-state index >= 15 is 0 Å². The third-order valence-electron chi connectivity index (χ3n) is 8.49. The van der Waals surface area contributed by atoms with Crippen molar-refractivity contribution in [1.29, 1.82) is 0 Å². The van der Waals surface area contributed by atoms with Crippen LogP contribution in [-0.2, 0) is 0 Å². The van der Waals surface area contributed by atoms with E-state index in [1.54, 1.807) is 0 Å². The molecule has 5 aromatic carbocycles. The summed E-state index contributed by atoms with van der Waals surface area (Å²) in [5.41, 5.74) is 12.2. The predicted octanol–water partition coefficient (Wildman–Crippen LogP) is 5.77. The maximum Gasteiger partial charge on any atom is 0.297 e. The predicted molar refractivity (Wildman–Crippen MR) is 150 cm³/mol. The molecule has 0 aliphatic carbocycles. The Morgan fingerprint density at radius 3 is 1.97 bits per heavy atom. The first kappa shape index (κ1) is 17.7. The Kier molecular flexibility index (Phi) is 2.82. The topological polar surface area (TPSA) is 23.0 Å². The Morgan fingerprint density at radius 2 is 1.17 bits per heavy atom. The number of furan rings is 1. The van der Waals surface area contributed by atoms with Crippen LogP contribution in [0.3, 0.4) is 0 Å². The van der Waals surface area contributed by atoms with E-state index in [-0.39, 0.29) is 6.71 Å². The molecule has 0 amide bonds. The highest BCUT2D eigenvalue weighted by atomic mass is 16.3. The van der Waals surface area contributed by atoms with Gasteiger partial charge < -0.3 is 13.6 Å². The van der Waals surface area contributed by atoms with E-state index in [1.165, 1.54) is 71.3 Å². The zero-order valence-electron chi connectivity index (χ0n) is 19.2. The van der Waals surface area contributed by atoms with Crippen LogP contribution in [-0.4, -0.2) is 15.8 Å². The lowest BCUT2D eigenvalue weighted by Gasteiger charge is -2.30. The van der Waals surface area contributed by atoms with Crippen LogP contribution in [0.1, 0.15) is 0 Å². The molecular weight excluding hydrogens is 439 g/mol. The van der Waals surface area contributed by atoms with Crippen molar-refractivity contribution in [3.8, 4) is 11.4 Å². The summed E-state index contributed by atoms with van der Waals surface area (Å²) >= 11 is 0. The van der Waals surface area contributed by atoms with Crippen molar-refractivity contribution in [1.82, 2.24) is 9.13 Å². The fourth-order valence-electron chi connectivity index (χ4n) is 7.21. The number of benzene rings is 5. The van der Waals surface area contributed by atoms with Gasteiger partial charge in [-0.05, 0) is 47.3 Å². The van der Waals surface area contributed by atoms with Crippen molar-refractivity contribution >= 4 is 77.9 Å². The van der Waals surface area contributed by atoms with Crippen LogP contribution in [0.4, 0.5) is 0 Å². The molecular formula is C32H17BN2O. The van der Waals surface area contributed by atoms with Gasteiger partial charge in [0.25, 0.3) is 6.71 Å². The normalized spacial score (nSPS) is 13.5. The first-order chi connectivity index (χ1) is 17.9. The third kappa shape index (κ3) is 1.77. The SMILES string of the molecule is c1ccc2c(c1)B1c3oc4ccccc4c3-n3c4ccccc4c4cc5c6ccccc6n-2c5c1c43. The third-order valence-corrected chi connectivity index (χ3v) is 8.49. The average Bonchev–Trinajstić information content (AvgIpc) is 3.58. The van der Waals surface area contributed by atoms with Crippen LogP contribution in [0, 0.1) is 0 Å². The molecule has 5 heterocycles. The summed E-state index contributed by atoms with van der Waals surface area (Å²) in [5.74, 6) is 0. The molecule has 36 heavy (non-hydrogen) atoms. The van der Waals surface area contributed by atoms with Crippen LogP contribution in [0.5, 0.6) is 0 Å². The Balaban J connectivity index is 1.60.